The van der Waals surface area contributed by atoms with Crippen LogP contribution in [0.25, 0.3) is 0 Å². The second-order valence-corrected chi connectivity index (χ2v) is 5.05. The molecule has 1 fully saturated rings. The van der Waals surface area contributed by atoms with Crippen LogP contribution >= 0.6 is 15.9 Å². The van der Waals surface area contributed by atoms with Crippen LogP contribution in [-0.2, 0) is 9.59 Å². The molecule has 0 radical (unpaired) electrons. The van der Waals surface area contributed by atoms with E-state index in [9.17, 15) is 19.7 Å². The normalized spacial score (nSPS) is 18.7. The van der Waals surface area contributed by atoms with E-state index in [-0.39, 0.29) is 24.6 Å². The maximum Gasteiger partial charge on any atom is 0.285 e. The number of rotatable bonds is 3. The Labute approximate surface area is 116 Å². The monoisotopic (exact) mass is 327 g/mol. The number of primary amides is 1. The smallest absolute Gasteiger partial charge is 0.285 e. The lowest BCUT2D eigenvalue weighted by Crippen LogP contribution is -2.28. The molecule has 0 aromatic heterocycles. The van der Waals surface area contributed by atoms with Gasteiger partial charge in [0.15, 0.2) is 0 Å². The van der Waals surface area contributed by atoms with Gasteiger partial charge in [-0.1, -0.05) is 0 Å². The van der Waals surface area contributed by atoms with Gasteiger partial charge < -0.3 is 10.6 Å². The predicted octanol–water partition coefficient (Wildman–Crippen LogP) is 1.20. The second kappa shape index (κ2) is 4.96. The van der Waals surface area contributed by atoms with E-state index < -0.39 is 16.7 Å². The lowest BCUT2D eigenvalue weighted by atomic mass is 10.1. The van der Waals surface area contributed by atoms with Gasteiger partial charge in [0.25, 0.3) is 5.69 Å². The van der Waals surface area contributed by atoms with E-state index in [4.69, 9.17) is 5.73 Å². The van der Waals surface area contributed by atoms with Gasteiger partial charge in [-0.25, -0.2) is 0 Å². The van der Waals surface area contributed by atoms with Gasteiger partial charge in [-0.05, 0) is 28.1 Å². The molecule has 7 nitrogen and oxygen atoms in total. The number of amides is 2. The minimum atomic E-state index is -0.546. The second-order valence-electron chi connectivity index (χ2n) is 4.20. The molecule has 0 aliphatic carbocycles. The van der Waals surface area contributed by atoms with Gasteiger partial charge in [0, 0.05) is 19.0 Å². The van der Waals surface area contributed by atoms with Crippen LogP contribution in [0.3, 0.4) is 0 Å². The van der Waals surface area contributed by atoms with Gasteiger partial charge in [-0.2, -0.15) is 0 Å². The number of nitro benzene ring substituents is 1. The minimum Gasteiger partial charge on any atom is -0.369 e. The zero-order chi connectivity index (χ0) is 14.2. The van der Waals surface area contributed by atoms with Crippen molar-refractivity contribution < 1.29 is 14.5 Å². The Morgan fingerprint density at radius 1 is 1.53 bits per heavy atom. The Balaban J connectivity index is 2.33. The van der Waals surface area contributed by atoms with Gasteiger partial charge >= 0.3 is 0 Å². The van der Waals surface area contributed by atoms with Crippen molar-refractivity contribution in [3.63, 3.8) is 0 Å². The van der Waals surface area contributed by atoms with E-state index in [1.165, 1.54) is 17.0 Å². The van der Waals surface area contributed by atoms with Gasteiger partial charge in [-0.3, -0.25) is 19.7 Å². The van der Waals surface area contributed by atoms with Crippen molar-refractivity contribution in [2.75, 3.05) is 11.4 Å². The fourth-order valence-corrected chi connectivity index (χ4v) is 2.35. The number of carbonyl (C=O) groups is 2. The Morgan fingerprint density at radius 3 is 2.74 bits per heavy atom. The molecule has 1 aliphatic rings. The van der Waals surface area contributed by atoms with E-state index >= 15 is 0 Å². The molecule has 0 spiro atoms. The van der Waals surface area contributed by atoms with Crippen LogP contribution in [0, 0.1) is 16.0 Å². The number of halogens is 1. The summed E-state index contributed by atoms with van der Waals surface area (Å²) in [5.41, 5.74) is 5.43. The third-order valence-electron chi connectivity index (χ3n) is 2.97. The van der Waals surface area contributed by atoms with Crippen molar-refractivity contribution >= 4 is 39.1 Å². The van der Waals surface area contributed by atoms with Crippen molar-refractivity contribution in [2.24, 2.45) is 11.7 Å². The average Bonchev–Trinajstić information content (AvgIpc) is 2.72. The predicted molar refractivity (Wildman–Crippen MR) is 70.5 cm³/mol. The molecule has 19 heavy (non-hydrogen) atoms. The van der Waals surface area contributed by atoms with Crippen molar-refractivity contribution in [1.29, 1.82) is 0 Å². The van der Waals surface area contributed by atoms with E-state index in [2.05, 4.69) is 15.9 Å². The van der Waals surface area contributed by atoms with Crippen LogP contribution in [0.2, 0.25) is 0 Å². The molecule has 2 rings (SSSR count). The average molecular weight is 328 g/mol. The van der Waals surface area contributed by atoms with Crippen molar-refractivity contribution in [3.8, 4) is 0 Å². The van der Waals surface area contributed by atoms with Crippen LogP contribution in [0.4, 0.5) is 11.4 Å². The lowest BCUT2D eigenvalue weighted by Gasteiger charge is -2.16. The molecule has 1 atom stereocenters. The number of carbonyl (C=O) groups excluding carboxylic acids is 2. The summed E-state index contributed by atoms with van der Waals surface area (Å²) in [6, 6.07) is 4.38. The number of nitrogens with zero attached hydrogens (tertiary/aromatic N) is 2. The topological polar surface area (TPSA) is 107 Å². The molecule has 8 heteroatoms. The summed E-state index contributed by atoms with van der Waals surface area (Å²) >= 11 is 3.07. The summed E-state index contributed by atoms with van der Waals surface area (Å²) in [5, 5.41) is 10.8. The van der Waals surface area contributed by atoms with Gasteiger partial charge in [0.05, 0.1) is 21.0 Å². The third kappa shape index (κ3) is 2.58. The molecular formula is C11H10BrN3O4. The molecular weight excluding hydrogens is 318 g/mol. The van der Waals surface area contributed by atoms with Crippen LogP contribution < -0.4 is 10.6 Å². The van der Waals surface area contributed by atoms with Crippen molar-refractivity contribution in [1.82, 2.24) is 0 Å². The molecule has 1 saturated heterocycles. The van der Waals surface area contributed by atoms with Crippen molar-refractivity contribution in [3.05, 3.63) is 32.8 Å². The van der Waals surface area contributed by atoms with Gasteiger partial charge in [0.2, 0.25) is 11.8 Å². The SMILES string of the molecule is NC(=O)C1CC(=O)N(c2ccc(Br)c([N+](=O)[O-])c2)C1. The summed E-state index contributed by atoms with van der Waals surface area (Å²) in [6.07, 6.45) is 0.0409. The number of hydrogen-bond acceptors (Lipinski definition) is 4. The number of benzene rings is 1. The molecule has 1 unspecified atom stereocenters. The fraction of sp³-hybridized carbons (Fsp3) is 0.273. The van der Waals surface area contributed by atoms with Crippen LogP contribution in [-0.4, -0.2) is 23.3 Å². The molecule has 0 bridgehead atoms. The zero-order valence-electron chi connectivity index (χ0n) is 9.71. The first-order valence-electron chi connectivity index (χ1n) is 5.43. The number of nitrogens with two attached hydrogens (primary N) is 1. The first-order chi connectivity index (χ1) is 8.90. The Hall–Kier alpha value is -1.96. The molecule has 1 aliphatic heterocycles. The standard InChI is InChI=1S/C11H10BrN3O4/c12-8-2-1-7(4-9(8)15(18)19)14-5-6(11(13)17)3-10(14)16/h1-2,4,6H,3,5H2,(H2,13,17). The van der Waals surface area contributed by atoms with Crippen LogP contribution in [0.15, 0.2) is 22.7 Å². The van der Waals surface area contributed by atoms with E-state index in [1.807, 2.05) is 0 Å². The highest BCUT2D eigenvalue weighted by Gasteiger charge is 2.34. The third-order valence-corrected chi connectivity index (χ3v) is 3.64. The van der Waals surface area contributed by atoms with Crippen LogP contribution in [0.1, 0.15) is 6.42 Å². The molecule has 2 amide bonds. The largest absolute Gasteiger partial charge is 0.369 e. The van der Waals surface area contributed by atoms with Crippen LogP contribution in [0.5, 0.6) is 0 Å². The molecule has 0 saturated carbocycles. The number of anilines is 1. The van der Waals surface area contributed by atoms with Crippen molar-refractivity contribution in [2.45, 2.75) is 6.42 Å². The maximum atomic E-state index is 11.8. The Bertz CT molecular complexity index is 575. The number of hydrogen-bond donors (Lipinski definition) is 1. The maximum absolute atomic E-state index is 11.8. The van der Waals surface area contributed by atoms with E-state index in [0.29, 0.717) is 10.2 Å². The van der Waals surface area contributed by atoms with Gasteiger partial charge in [0.1, 0.15) is 0 Å². The highest BCUT2D eigenvalue weighted by Crippen LogP contribution is 2.32. The first-order valence-corrected chi connectivity index (χ1v) is 6.23. The summed E-state index contributed by atoms with van der Waals surface area (Å²) in [6.45, 7) is 0.160. The highest BCUT2D eigenvalue weighted by molar-refractivity contribution is 9.10. The molecule has 2 N–H and O–H groups in total. The van der Waals surface area contributed by atoms with Gasteiger partial charge in [-0.15, -0.1) is 0 Å². The first kappa shape index (κ1) is 13.5. The molecule has 1 heterocycles. The zero-order valence-corrected chi connectivity index (χ0v) is 11.3. The molecule has 1 aromatic carbocycles. The Morgan fingerprint density at radius 2 is 2.21 bits per heavy atom. The molecule has 1 aromatic rings. The lowest BCUT2D eigenvalue weighted by molar-refractivity contribution is -0.385. The summed E-state index contributed by atoms with van der Waals surface area (Å²) < 4.78 is 0.333. The summed E-state index contributed by atoms with van der Waals surface area (Å²) in [5.74, 6) is -1.35. The minimum absolute atomic E-state index is 0.0409. The highest BCUT2D eigenvalue weighted by atomic mass is 79.9. The summed E-state index contributed by atoms with van der Waals surface area (Å²) in [4.78, 5) is 34.5. The number of nitro groups is 1. The quantitative estimate of drug-likeness (QED) is 0.664. The fourth-order valence-electron chi connectivity index (χ4n) is 1.96. The van der Waals surface area contributed by atoms with E-state index in [1.54, 1.807) is 6.07 Å². The Kier molecular flexibility index (Phi) is 3.52. The van der Waals surface area contributed by atoms with E-state index in [0.717, 1.165) is 0 Å². The summed E-state index contributed by atoms with van der Waals surface area (Å²) in [7, 11) is 0. The molecule has 100 valence electrons.